The average Bonchev–Trinajstić information content (AvgIpc) is 3.15. The van der Waals surface area contributed by atoms with Crippen molar-refractivity contribution in [1.82, 2.24) is 9.78 Å². The summed E-state index contributed by atoms with van der Waals surface area (Å²) in [7, 11) is 0. The summed E-state index contributed by atoms with van der Waals surface area (Å²) >= 11 is 13.6. The molecule has 3 aromatic rings. The number of benzene rings is 1. The maximum atomic E-state index is 12.3. The van der Waals surface area contributed by atoms with E-state index in [0.717, 1.165) is 4.88 Å². The first kappa shape index (κ1) is 15.1. The van der Waals surface area contributed by atoms with Crippen molar-refractivity contribution in [2.45, 2.75) is 6.54 Å². The number of amides is 1. The molecule has 0 unspecified atom stereocenters. The number of hydrogen-bond donors (Lipinski definition) is 1. The third-order valence-corrected chi connectivity index (χ3v) is 4.44. The molecular weight excluding hydrogens is 341 g/mol. The Hall–Kier alpha value is -1.82. The van der Waals surface area contributed by atoms with Gasteiger partial charge in [-0.05, 0) is 29.6 Å². The molecule has 112 valence electrons. The third kappa shape index (κ3) is 3.32. The standard InChI is InChI=1S/C15H11Cl2N3OS/c16-10-3-4-13(17)12(8-10)15(21)19-14-5-6-18-20(14)9-11-2-1-7-22-11/h1-8H,9H2,(H,19,21). The second-order valence-electron chi connectivity index (χ2n) is 4.53. The maximum Gasteiger partial charge on any atom is 0.258 e. The monoisotopic (exact) mass is 351 g/mol. The predicted octanol–water partition coefficient (Wildman–Crippen LogP) is 4.55. The van der Waals surface area contributed by atoms with E-state index in [1.165, 1.54) is 0 Å². The van der Waals surface area contributed by atoms with Gasteiger partial charge in [0.05, 0.1) is 23.3 Å². The van der Waals surface area contributed by atoms with Crippen LogP contribution in [0.15, 0.2) is 48.0 Å². The van der Waals surface area contributed by atoms with Crippen LogP contribution in [0, 0.1) is 0 Å². The third-order valence-electron chi connectivity index (χ3n) is 3.02. The van der Waals surface area contributed by atoms with E-state index in [4.69, 9.17) is 23.2 Å². The molecule has 2 heterocycles. The first-order valence-corrected chi connectivity index (χ1v) is 8.07. The van der Waals surface area contributed by atoms with Crippen LogP contribution in [-0.2, 0) is 6.54 Å². The van der Waals surface area contributed by atoms with Gasteiger partial charge in [-0.2, -0.15) is 5.10 Å². The van der Waals surface area contributed by atoms with Crippen molar-refractivity contribution >= 4 is 46.3 Å². The van der Waals surface area contributed by atoms with Crippen molar-refractivity contribution in [1.29, 1.82) is 0 Å². The van der Waals surface area contributed by atoms with Crippen molar-refractivity contribution in [2.24, 2.45) is 0 Å². The molecule has 0 atom stereocenters. The summed E-state index contributed by atoms with van der Waals surface area (Å²) in [6, 6.07) is 10.5. The van der Waals surface area contributed by atoms with Gasteiger partial charge in [-0.1, -0.05) is 29.3 Å². The van der Waals surface area contributed by atoms with Crippen LogP contribution in [0.25, 0.3) is 0 Å². The number of carbonyl (C=O) groups excluding carboxylic acids is 1. The Kier molecular flexibility index (Phi) is 4.47. The first-order valence-electron chi connectivity index (χ1n) is 6.44. The minimum absolute atomic E-state index is 0.319. The van der Waals surface area contributed by atoms with Gasteiger partial charge in [0, 0.05) is 16.0 Å². The molecule has 1 amide bonds. The van der Waals surface area contributed by atoms with Gasteiger partial charge in [0.15, 0.2) is 0 Å². The Morgan fingerprint density at radius 2 is 2.14 bits per heavy atom. The SMILES string of the molecule is O=C(Nc1ccnn1Cc1cccs1)c1cc(Cl)ccc1Cl. The lowest BCUT2D eigenvalue weighted by Crippen LogP contribution is -2.16. The van der Waals surface area contributed by atoms with E-state index >= 15 is 0 Å². The van der Waals surface area contributed by atoms with Crippen LogP contribution in [0.2, 0.25) is 10.0 Å². The zero-order chi connectivity index (χ0) is 15.5. The summed E-state index contributed by atoms with van der Waals surface area (Å²) < 4.78 is 1.72. The van der Waals surface area contributed by atoms with Gasteiger partial charge in [-0.3, -0.25) is 4.79 Å². The minimum Gasteiger partial charge on any atom is -0.307 e. The molecular formula is C15H11Cl2N3OS. The molecule has 1 N–H and O–H groups in total. The molecule has 7 heteroatoms. The van der Waals surface area contributed by atoms with E-state index in [1.807, 2.05) is 17.5 Å². The number of thiophene rings is 1. The Balaban J connectivity index is 1.80. The lowest BCUT2D eigenvalue weighted by Gasteiger charge is -2.09. The molecule has 0 aliphatic heterocycles. The topological polar surface area (TPSA) is 46.9 Å². The second kappa shape index (κ2) is 6.52. The van der Waals surface area contributed by atoms with Crippen molar-refractivity contribution in [3.05, 3.63) is 68.5 Å². The van der Waals surface area contributed by atoms with Gasteiger partial charge in [0.2, 0.25) is 0 Å². The second-order valence-corrected chi connectivity index (χ2v) is 6.41. The van der Waals surface area contributed by atoms with Gasteiger partial charge < -0.3 is 5.32 Å². The molecule has 0 aliphatic rings. The highest BCUT2D eigenvalue weighted by Crippen LogP contribution is 2.22. The van der Waals surface area contributed by atoms with E-state index in [0.29, 0.717) is 28.0 Å². The van der Waals surface area contributed by atoms with Crippen molar-refractivity contribution < 1.29 is 4.79 Å². The number of rotatable bonds is 4. The number of aromatic nitrogens is 2. The molecule has 0 bridgehead atoms. The zero-order valence-corrected chi connectivity index (χ0v) is 13.6. The summed E-state index contributed by atoms with van der Waals surface area (Å²) in [6.45, 7) is 0.601. The predicted molar refractivity (Wildman–Crippen MR) is 90.1 cm³/mol. The molecule has 0 spiro atoms. The number of hydrogen-bond acceptors (Lipinski definition) is 3. The van der Waals surface area contributed by atoms with Crippen LogP contribution in [-0.4, -0.2) is 15.7 Å². The fraction of sp³-hybridized carbons (Fsp3) is 0.0667. The Morgan fingerprint density at radius 1 is 1.27 bits per heavy atom. The van der Waals surface area contributed by atoms with E-state index in [-0.39, 0.29) is 5.91 Å². The van der Waals surface area contributed by atoms with Gasteiger partial charge in [0.1, 0.15) is 5.82 Å². The minimum atomic E-state index is -0.319. The number of nitrogens with zero attached hydrogens (tertiary/aromatic N) is 2. The number of anilines is 1. The Bertz CT molecular complexity index is 799. The Morgan fingerprint density at radius 3 is 2.91 bits per heavy atom. The highest BCUT2D eigenvalue weighted by molar-refractivity contribution is 7.09. The molecule has 0 fully saturated rings. The van der Waals surface area contributed by atoms with Crippen molar-refractivity contribution in [3.8, 4) is 0 Å². The van der Waals surface area contributed by atoms with E-state index in [1.54, 1.807) is 46.5 Å². The van der Waals surface area contributed by atoms with Gasteiger partial charge >= 0.3 is 0 Å². The summed E-state index contributed by atoms with van der Waals surface area (Å²) in [5.41, 5.74) is 0.332. The van der Waals surface area contributed by atoms with Crippen LogP contribution in [0.4, 0.5) is 5.82 Å². The average molecular weight is 352 g/mol. The van der Waals surface area contributed by atoms with Crippen LogP contribution in [0.3, 0.4) is 0 Å². The quantitative estimate of drug-likeness (QED) is 0.749. The lowest BCUT2D eigenvalue weighted by molar-refractivity contribution is 0.102. The van der Waals surface area contributed by atoms with E-state index in [9.17, 15) is 4.79 Å². The molecule has 1 aromatic carbocycles. The number of halogens is 2. The fourth-order valence-electron chi connectivity index (χ4n) is 1.97. The van der Waals surface area contributed by atoms with Crippen molar-refractivity contribution in [3.63, 3.8) is 0 Å². The zero-order valence-electron chi connectivity index (χ0n) is 11.3. The van der Waals surface area contributed by atoms with E-state index in [2.05, 4.69) is 10.4 Å². The fourth-order valence-corrected chi connectivity index (χ4v) is 3.03. The van der Waals surface area contributed by atoms with Crippen LogP contribution < -0.4 is 5.32 Å². The van der Waals surface area contributed by atoms with Gasteiger partial charge in [-0.15, -0.1) is 11.3 Å². The smallest absolute Gasteiger partial charge is 0.258 e. The van der Waals surface area contributed by atoms with Gasteiger partial charge in [0.25, 0.3) is 5.91 Å². The molecule has 0 saturated carbocycles. The summed E-state index contributed by atoms with van der Waals surface area (Å²) in [5.74, 6) is 0.287. The van der Waals surface area contributed by atoms with E-state index < -0.39 is 0 Å². The highest BCUT2D eigenvalue weighted by Gasteiger charge is 2.13. The van der Waals surface area contributed by atoms with Crippen LogP contribution in [0.1, 0.15) is 15.2 Å². The molecule has 2 aromatic heterocycles. The first-order chi connectivity index (χ1) is 10.6. The molecule has 22 heavy (non-hydrogen) atoms. The molecule has 0 radical (unpaired) electrons. The molecule has 3 rings (SSSR count). The molecule has 0 saturated heterocycles. The Labute approximate surface area is 141 Å². The van der Waals surface area contributed by atoms with Crippen LogP contribution in [0.5, 0.6) is 0 Å². The van der Waals surface area contributed by atoms with Gasteiger partial charge in [-0.25, -0.2) is 4.68 Å². The normalized spacial score (nSPS) is 10.6. The number of carbonyl (C=O) groups is 1. The lowest BCUT2D eigenvalue weighted by atomic mass is 10.2. The summed E-state index contributed by atoms with van der Waals surface area (Å²) in [5, 5.41) is 9.85. The number of nitrogens with one attached hydrogen (secondary N) is 1. The molecule has 4 nitrogen and oxygen atoms in total. The largest absolute Gasteiger partial charge is 0.307 e. The maximum absolute atomic E-state index is 12.3. The summed E-state index contributed by atoms with van der Waals surface area (Å²) in [4.78, 5) is 13.5. The van der Waals surface area contributed by atoms with Crippen LogP contribution >= 0.6 is 34.5 Å². The molecule has 0 aliphatic carbocycles. The summed E-state index contributed by atoms with van der Waals surface area (Å²) in [6.07, 6.45) is 1.64. The van der Waals surface area contributed by atoms with Crippen molar-refractivity contribution in [2.75, 3.05) is 5.32 Å². The highest BCUT2D eigenvalue weighted by atomic mass is 35.5.